The van der Waals surface area contributed by atoms with Crippen LogP contribution in [0.25, 0.3) is 10.9 Å². The van der Waals surface area contributed by atoms with E-state index in [2.05, 4.69) is 16.0 Å². The van der Waals surface area contributed by atoms with E-state index in [4.69, 9.17) is 14.2 Å². The van der Waals surface area contributed by atoms with Crippen molar-refractivity contribution in [1.29, 1.82) is 0 Å². The Hall–Kier alpha value is -6.45. The Bertz CT molecular complexity index is 2300. The third-order valence-corrected chi connectivity index (χ3v) is 9.18. The van der Waals surface area contributed by atoms with Crippen LogP contribution in [0, 0.1) is 11.8 Å². The van der Waals surface area contributed by atoms with Gasteiger partial charge in [0.25, 0.3) is 11.5 Å². The molecule has 16 nitrogen and oxygen atoms in total. The Morgan fingerprint density at radius 1 is 0.828 bits per heavy atom. The highest BCUT2D eigenvalue weighted by molar-refractivity contribution is 5.98. The second-order valence-corrected chi connectivity index (χ2v) is 15.5. The second kappa shape index (κ2) is 18.7. The summed E-state index contributed by atoms with van der Waals surface area (Å²) in [6, 6.07) is 13.5. The average Bonchev–Trinajstić information content (AvgIpc) is 3.16. The number of nitrogens with zero attached hydrogens (tertiary/aromatic N) is 2. The number of esters is 1. The number of methoxy groups -OCH3 is 1. The number of fused-ring (bicyclic) bond motifs is 1. The number of carboxylic acid groups (broad SMARTS) is 1. The molecule has 4 aromatic rings. The largest absolute Gasteiger partial charge is 0.497 e. The van der Waals surface area contributed by atoms with Crippen molar-refractivity contribution in [2.75, 3.05) is 7.11 Å². The lowest BCUT2D eigenvalue weighted by Crippen LogP contribution is -2.55. The molecule has 4 rings (SSSR count). The first-order valence-electron chi connectivity index (χ1n) is 18.7. The number of carbonyl (C=O) groups is 5. The van der Waals surface area contributed by atoms with Crippen molar-refractivity contribution >= 4 is 40.7 Å². The van der Waals surface area contributed by atoms with Crippen LogP contribution in [0.3, 0.4) is 0 Å². The summed E-state index contributed by atoms with van der Waals surface area (Å²) in [6.07, 6.45) is -0.802. The highest BCUT2D eigenvalue weighted by atomic mass is 16.6. The molecule has 0 spiro atoms. The number of amides is 3. The van der Waals surface area contributed by atoms with Crippen LogP contribution in [0.1, 0.15) is 85.9 Å². The molecule has 16 heteroatoms. The number of carboxylic acids is 1. The number of alkyl carbamates (subject to hydrolysis) is 1. The summed E-state index contributed by atoms with van der Waals surface area (Å²) in [5.74, 6) is -3.40. The summed E-state index contributed by atoms with van der Waals surface area (Å²) in [4.78, 5) is 91.7. The van der Waals surface area contributed by atoms with Gasteiger partial charge in [0, 0.05) is 24.7 Å². The number of rotatable bonds is 15. The van der Waals surface area contributed by atoms with E-state index in [0.29, 0.717) is 16.8 Å². The third-order valence-electron chi connectivity index (χ3n) is 9.18. The monoisotopic (exact) mass is 801 g/mol. The molecule has 58 heavy (non-hydrogen) atoms. The molecule has 0 aliphatic heterocycles. The molecule has 2 unspecified atom stereocenters. The Balaban J connectivity index is 1.55. The smallest absolute Gasteiger partial charge is 0.408 e. The third kappa shape index (κ3) is 11.1. The zero-order valence-corrected chi connectivity index (χ0v) is 34.1. The number of aromatic carboxylic acids is 1. The minimum absolute atomic E-state index is 0.0697. The summed E-state index contributed by atoms with van der Waals surface area (Å²) < 4.78 is 18.2. The van der Waals surface area contributed by atoms with Crippen molar-refractivity contribution in [3.8, 4) is 5.75 Å². The van der Waals surface area contributed by atoms with Crippen LogP contribution in [0.4, 0.5) is 4.79 Å². The summed E-state index contributed by atoms with van der Waals surface area (Å²) in [7, 11) is 3.05. The van der Waals surface area contributed by atoms with Gasteiger partial charge in [0.1, 0.15) is 30.0 Å². The van der Waals surface area contributed by atoms with Crippen LogP contribution in [-0.4, -0.2) is 68.9 Å². The Morgan fingerprint density at radius 2 is 1.47 bits per heavy atom. The summed E-state index contributed by atoms with van der Waals surface area (Å²) in [5.41, 5.74) is -0.555. The van der Waals surface area contributed by atoms with E-state index in [0.717, 1.165) is 10.1 Å². The molecule has 2 atom stereocenters. The number of carbonyl (C=O) groups excluding carboxylic acids is 4. The molecule has 0 saturated heterocycles. The number of benzene rings is 3. The van der Waals surface area contributed by atoms with Gasteiger partial charge in [0.2, 0.25) is 5.91 Å². The fourth-order valence-corrected chi connectivity index (χ4v) is 6.03. The molecule has 0 fully saturated rings. The molecule has 1 heterocycles. The number of aryl methyl sites for hydroxylation is 1. The molecule has 4 N–H and O–H groups in total. The van der Waals surface area contributed by atoms with Crippen molar-refractivity contribution < 1.29 is 43.3 Å². The Labute approximate surface area is 335 Å². The molecule has 310 valence electrons. The molecule has 0 aliphatic carbocycles. The van der Waals surface area contributed by atoms with Gasteiger partial charge in [-0.05, 0) is 86.2 Å². The van der Waals surface area contributed by atoms with Crippen LogP contribution in [0.5, 0.6) is 5.75 Å². The van der Waals surface area contributed by atoms with Crippen molar-refractivity contribution in [2.45, 2.75) is 85.8 Å². The molecule has 1 aromatic heterocycles. The minimum atomic E-state index is -1.31. The average molecular weight is 802 g/mol. The molecular weight excluding hydrogens is 750 g/mol. The van der Waals surface area contributed by atoms with E-state index < -0.39 is 71.3 Å². The SMILES string of the molecule is COc1ccc(CNC(=O)c2ccc3c(c2)c(=O)n(Cc2ccc(C(=O)O)c(COC(=O)C(NC(=O)C(NC(=O)OC(C)(C)C)C(C)C)C(C)C)c2)c(=O)n3C)cc1. The maximum atomic E-state index is 13.8. The van der Waals surface area contributed by atoms with Gasteiger partial charge >= 0.3 is 23.7 Å². The first-order chi connectivity index (χ1) is 27.2. The predicted octanol–water partition coefficient (Wildman–Crippen LogP) is 4.12. The molecule has 0 radical (unpaired) electrons. The molecule has 0 saturated carbocycles. The summed E-state index contributed by atoms with van der Waals surface area (Å²) >= 11 is 0. The second-order valence-electron chi connectivity index (χ2n) is 15.5. The van der Waals surface area contributed by atoms with E-state index in [1.54, 1.807) is 67.7 Å². The van der Waals surface area contributed by atoms with Gasteiger partial charge < -0.3 is 35.3 Å². The van der Waals surface area contributed by atoms with Crippen LogP contribution in [0.2, 0.25) is 0 Å². The van der Waals surface area contributed by atoms with Gasteiger partial charge in [0.05, 0.1) is 30.1 Å². The van der Waals surface area contributed by atoms with E-state index in [9.17, 15) is 38.7 Å². The highest BCUT2D eigenvalue weighted by Crippen LogP contribution is 2.18. The van der Waals surface area contributed by atoms with Gasteiger partial charge in [-0.2, -0.15) is 0 Å². The number of ether oxygens (including phenoxy) is 3. The van der Waals surface area contributed by atoms with Gasteiger partial charge in [-0.3, -0.25) is 23.5 Å². The van der Waals surface area contributed by atoms with Crippen molar-refractivity contribution in [1.82, 2.24) is 25.1 Å². The van der Waals surface area contributed by atoms with Crippen molar-refractivity contribution in [3.05, 3.63) is 109 Å². The van der Waals surface area contributed by atoms with Crippen LogP contribution in [-0.2, 0) is 45.8 Å². The first-order valence-corrected chi connectivity index (χ1v) is 18.7. The molecule has 0 bridgehead atoms. The lowest BCUT2D eigenvalue weighted by molar-refractivity contribution is -0.150. The van der Waals surface area contributed by atoms with E-state index in [-0.39, 0.29) is 41.1 Å². The lowest BCUT2D eigenvalue weighted by Gasteiger charge is -2.27. The number of aromatic nitrogens is 2. The fraction of sp³-hybridized carbons (Fsp3) is 0.405. The van der Waals surface area contributed by atoms with Crippen LogP contribution in [0.15, 0.2) is 70.3 Å². The van der Waals surface area contributed by atoms with Crippen molar-refractivity contribution in [3.63, 3.8) is 0 Å². The Kier molecular flexibility index (Phi) is 14.2. The highest BCUT2D eigenvalue weighted by Gasteiger charge is 2.32. The van der Waals surface area contributed by atoms with Gasteiger partial charge in [-0.25, -0.2) is 19.2 Å². The zero-order valence-electron chi connectivity index (χ0n) is 34.1. The standard InChI is InChI=1S/C42H51N5O11/c1-23(2)33(45-40(54)58-42(5,6)7)36(49)44-34(24(3)4)39(53)57-22-28-18-26(12-16-30(28)38(51)52)21-47-37(50)31-19-27(13-17-32(31)46(8)41(47)55)35(48)43-20-25-10-14-29(56-9)15-11-25/h10-19,23-24,33-34H,20-22H2,1-9H3,(H,43,48)(H,44,49)(H,45,54)(H,51,52). The van der Waals surface area contributed by atoms with Crippen LogP contribution >= 0.6 is 0 Å². The first kappa shape index (κ1) is 44.3. The fourth-order valence-electron chi connectivity index (χ4n) is 6.03. The number of hydrogen-bond acceptors (Lipinski definition) is 10. The van der Waals surface area contributed by atoms with Gasteiger partial charge in [0.15, 0.2) is 0 Å². The topological polar surface area (TPSA) is 213 Å². The van der Waals surface area contributed by atoms with Gasteiger partial charge in [-0.1, -0.05) is 45.9 Å². The normalized spacial score (nSPS) is 12.5. The quantitative estimate of drug-likeness (QED) is 0.126. The zero-order chi connectivity index (χ0) is 43.1. The molecule has 3 aromatic carbocycles. The van der Waals surface area contributed by atoms with E-state index in [1.807, 2.05) is 12.1 Å². The van der Waals surface area contributed by atoms with E-state index >= 15 is 0 Å². The Morgan fingerprint density at radius 3 is 2.05 bits per heavy atom. The number of nitrogens with one attached hydrogen (secondary N) is 3. The molecule has 3 amide bonds. The predicted molar refractivity (Wildman–Crippen MR) is 215 cm³/mol. The maximum Gasteiger partial charge on any atom is 0.408 e. The molecule has 0 aliphatic rings. The maximum absolute atomic E-state index is 13.8. The summed E-state index contributed by atoms with van der Waals surface area (Å²) in [5, 5.41) is 18.0. The minimum Gasteiger partial charge on any atom is -0.497 e. The molecular formula is C42H51N5O11. The lowest BCUT2D eigenvalue weighted by atomic mass is 10.0. The van der Waals surface area contributed by atoms with Crippen LogP contribution < -0.4 is 31.9 Å². The number of hydrogen-bond donors (Lipinski definition) is 4. The van der Waals surface area contributed by atoms with Crippen molar-refractivity contribution in [2.24, 2.45) is 18.9 Å². The van der Waals surface area contributed by atoms with Gasteiger partial charge in [-0.15, -0.1) is 0 Å². The summed E-state index contributed by atoms with van der Waals surface area (Å²) in [6.45, 7) is 11.3. The van der Waals surface area contributed by atoms with E-state index in [1.165, 1.54) is 48.0 Å².